The highest BCUT2D eigenvalue weighted by Gasteiger charge is 2.47. The lowest BCUT2D eigenvalue weighted by molar-refractivity contribution is -0.144. The second kappa shape index (κ2) is 4.94. The third-order valence-electron chi connectivity index (χ3n) is 4.41. The molecule has 4 heteroatoms. The van der Waals surface area contributed by atoms with Crippen molar-refractivity contribution in [2.75, 3.05) is 13.6 Å². The van der Waals surface area contributed by atoms with Gasteiger partial charge in [-0.2, -0.15) is 0 Å². The quantitative estimate of drug-likeness (QED) is 0.784. The molecule has 2 fully saturated rings. The van der Waals surface area contributed by atoms with Crippen LogP contribution in [0.1, 0.15) is 45.4 Å². The van der Waals surface area contributed by atoms with Crippen molar-refractivity contribution in [3.63, 3.8) is 0 Å². The van der Waals surface area contributed by atoms with E-state index in [0.29, 0.717) is 18.6 Å². The van der Waals surface area contributed by atoms with Crippen LogP contribution in [0.5, 0.6) is 0 Å². The van der Waals surface area contributed by atoms with Gasteiger partial charge in [-0.3, -0.25) is 10.1 Å². The molecule has 1 saturated carbocycles. The molecule has 1 aliphatic carbocycles. The molecule has 0 aromatic rings. The first kappa shape index (κ1) is 12.8. The number of hydrogen-bond acceptors (Lipinski definition) is 3. The standard InChI is InChI=1S/C13H24N2O2/c1-10-8-13(12(16)17,9-15(10)2)14-11-6-4-3-5-7-11/h10-11,14H,3-9H2,1-2H3,(H,16,17). The molecule has 0 aromatic heterocycles. The molecule has 1 saturated heterocycles. The van der Waals surface area contributed by atoms with Crippen LogP contribution in [0.4, 0.5) is 0 Å². The van der Waals surface area contributed by atoms with Gasteiger partial charge in [0.2, 0.25) is 0 Å². The number of carbonyl (C=O) groups is 1. The van der Waals surface area contributed by atoms with Crippen LogP contribution in [-0.2, 0) is 4.79 Å². The van der Waals surface area contributed by atoms with Gasteiger partial charge in [0.05, 0.1) is 0 Å². The van der Waals surface area contributed by atoms with Crippen molar-refractivity contribution in [3.8, 4) is 0 Å². The molecule has 98 valence electrons. The summed E-state index contributed by atoms with van der Waals surface area (Å²) in [7, 11) is 2.01. The van der Waals surface area contributed by atoms with Crippen LogP contribution < -0.4 is 5.32 Å². The van der Waals surface area contributed by atoms with Crippen molar-refractivity contribution >= 4 is 5.97 Å². The molecular formula is C13H24N2O2. The van der Waals surface area contributed by atoms with E-state index >= 15 is 0 Å². The first-order valence-corrected chi connectivity index (χ1v) is 6.75. The molecule has 0 bridgehead atoms. The van der Waals surface area contributed by atoms with Crippen LogP contribution in [0, 0.1) is 0 Å². The Morgan fingerprint density at radius 3 is 2.47 bits per heavy atom. The van der Waals surface area contributed by atoms with Crippen LogP contribution in [-0.4, -0.2) is 47.2 Å². The predicted molar refractivity (Wildman–Crippen MR) is 67.1 cm³/mol. The number of rotatable bonds is 3. The molecule has 1 heterocycles. The zero-order valence-corrected chi connectivity index (χ0v) is 10.9. The summed E-state index contributed by atoms with van der Waals surface area (Å²) in [4.78, 5) is 13.7. The van der Waals surface area contributed by atoms with E-state index in [9.17, 15) is 9.90 Å². The van der Waals surface area contributed by atoms with Crippen molar-refractivity contribution < 1.29 is 9.90 Å². The van der Waals surface area contributed by atoms with Gasteiger partial charge in [0.1, 0.15) is 5.54 Å². The van der Waals surface area contributed by atoms with Gasteiger partial charge in [-0.05, 0) is 33.2 Å². The lowest BCUT2D eigenvalue weighted by Gasteiger charge is -2.33. The Morgan fingerprint density at radius 1 is 1.35 bits per heavy atom. The van der Waals surface area contributed by atoms with Gasteiger partial charge in [0.15, 0.2) is 0 Å². The molecule has 2 N–H and O–H groups in total. The average Bonchev–Trinajstić information content (AvgIpc) is 2.57. The molecule has 2 unspecified atom stereocenters. The Kier molecular flexibility index (Phi) is 3.73. The smallest absolute Gasteiger partial charge is 0.325 e. The van der Waals surface area contributed by atoms with Gasteiger partial charge in [0, 0.05) is 18.6 Å². The lowest BCUT2D eigenvalue weighted by Crippen LogP contribution is -2.57. The van der Waals surface area contributed by atoms with E-state index in [-0.39, 0.29) is 0 Å². The second-order valence-corrected chi connectivity index (χ2v) is 5.83. The lowest BCUT2D eigenvalue weighted by atomic mass is 9.90. The largest absolute Gasteiger partial charge is 0.480 e. The van der Waals surface area contributed by atoms with E-state index in [1.807, 2.05) is 7.05 Å². The SMILES string of the molecule is CC1CC(NC2CCCCC2)(C(=O)O)CN1C. The zero-order chi connectivity index (χ0) is 12.5. The summed E-state index contributed by atoms with van der Waals surface area (Å²) in [5.41, 5.74) is -0.712. The van der Waals surface area contributed by atoms with Crippen molar-refractivity contribution in [3.05, 3.63) is 0 Å². The number of carboxylic acids is 1. The Balaban J connectivity index is 2.04. The fraction of sp³-hybridized carbons (Fsp3) is 0.923. The van der Waals surface area contributed by atoms with Crippen LogP contribution in [0.3, 0.4) is 0 Å². The second-order valence-electron chi connectivity index (χ2n) is 5.83. The molecule has 1 aliphatic heterocycles. The van der Waals surface area contributed by atoms with E-state index < -0.39 is 11.5 Å². The normalized spacial score (nSPS) is 36.2. The summed E-state index contributed by atoms with van der Waals surface area (Å²) in [6.07, 6.45) is 6.75. The van der Waals surface area contributed by atoms with Crippen molar-refractivity contribution in [1.82, 2.24) is 10.2 Å². The van der Waals surface area contributed by atoms with Gasteiger partial charge in [-0.1, -0.05) is 19.3 Å². The molecule has 4 nitrogen and oxygen atoms in total. The fourth-order valence-electron chi connectivity index (χ4n) is 3.27. The molecule has 0 spiro atoms. The summed E-state index contributed by atoms with van der Waals surface area (Å²) in [5, 5.41) is 13.0. The molecule has 0 radical (unpaired) electrons. The number of aliphatic carboxylic acids is 1. The van der Waals surface area contributed by atoms with Crippen LogP contribution in [0.2, 0.25) is 0 Å². The maximum Gasteiger partial charge on any atom is 0.325 e. The number of carboxylic acid groups (broad SMARTS) is 1. The minimum atomic E-state index is -0.712. The Morgan fingerprint density at radius 2 is 2.00 bits per heavy atom. The van der Waals surface area contributed by atoms with Crippen LogP contribution >= 0.6 is 0 Å². The maximum atomic E-state index is 11.6. The summed E-state index contributed by atoms with van der Waals surface area (Å²) in [6, 6.07) is 0.751. The molecule has 2 rings (SSSR count). The Bertz CT molecular complexity index is 277. The minimum Gasteiger partial charge on any atom is -0.480 e. The van der Waals surface area contributed by atoms with Gasteiger partial charge in [0.25, 0.3) is 0 Å². The van der Waals surface area contributed by atoms with Crippen molar-refractivity contribution in [2.45, 2.75) is 63.1 Å². The minimum absolute atomic E-state index is 0.349. The predicted octanol–water partition coefficient (Wildman–Crippen LogP) is 1.46. The zero-order valence-electron chi connectivity index (χ0n) is 10.9. The first-order chi connectivity index (χ1) is 8.03. The van der Waals surface area contributed by atoms with Crippen LogP contribution in [0.25, 0.3) is 0 Å². The molecule has 17 heavy (non-hydrogen) atoms. The number of nitrogens with one attached hydrogen (secondary N) is 1. The van der Waals surface area contributed by atoms with E-state index in [1.54, 1.807) is 0 Å². The Labute approximate surface area is 103 Å². The molecular weight excluding hydrogens is 216 g/mol. The number of likely N-dealkylation sites (tertiary alicyclic amines) is 1. The van der Waals surface area contributed by atoms with Crippen LogP contribution in [0.15, 0.2) is 0 Å². The average molecular weight is 240 g/mol. The first-order valence-electron chi connectivity index (χ1n) is 6.75. The van der Waals surface area contributed by atoms with E-state index in [4.69, 9.17) is 0 Å². The summed E-state index contributed by atoms with van der Waals surface area (Å²) in [6.45, 7) is 2.73. The highest BCUT2D eigenvalue weighted by atomic mass is 16.4. The van der Waals surface area contributed by atoms with Crippen molar-refractivity contribution in [1.29, 1.82) is 0 Å². The maximum absolute atomic E-state index is 11.6. The Hall–Kier alpha value is -0.610. The highest BCUT2D eigenvalue weighted by Crippen LogP contribution is 2.29. The van der Waals surface area contributed by atoms with E-state index in [2.05, 4.69) is 17.1 Å². The summed E-state index contributed by atoms with van der Waals surface area (Å²) >= 11 is 0. The fourth-order valence-corrected chi connectivity index (χ4v) is 3.27. The van der Waals surface area contributed by atoms with Gasteiger partial charge in [-0.25, -0.2) is 0 Å². The molecule has 0 aromatic carbocycles. The van der Waals surface area contributed by atoms with Gasteiger partial charge in [-0.15, -0.1) is 0 Å². The van der Waals surface area contributed by atoms with E-state index in [1.165, 1.54) is 19.3 Å². The molecule has 0 amide bonds. The third-order valence-corrected chi connectivity index (χ3v) is 4.41. The number of likely N-dealkylation sites (N-methyl/N-ethyl adjacent to an activating group) is 1. The van der Waals surface area contributed by atoms with Gasteiger partial charge >= 0.3 is 5.97 Å². The molecule has 2 atom stereocenters. The van der Waals surface area contributed by atoms with E-state index in [0.717, 1.165) is 19.3 Å². The number of nitrogens with zero attached hydrogens (tertiary/aromatic N) is 1. The highest BCUT2D eigenvalue weighted by molar-refractivity contribution is 5.80. The monoisotopic (exact) mass is 240 g/mol. The molecule has 2 aliphatic rings. The topological polar surface area (TPSA) is 52.6 Å². The summed E-state index contributed by atoms with van der Waals surface area (Å²) in [5.74, 6) is -0.681. The third kappa shape index (κ3) is 2.63. The summed E-state index contributed by atoms with van der Waals surface area (Å²) < 4.78 is 0. The number of hydrogen-bond donors (Lipinski definition) is 2. The van der Waals surface area contributed by atoms with Gasteiger partial charge < -0.3 is 10.0 Å². The van der Waals surface area contributed by atoms with Crippen molar-refractivity contribution in [2.24, 2.45) is 0 Å².